The SMILES string of the molecule is Cc1ccc(N2C(=O)C(Cl)=C(Nc3ccc(C(=O)Nc4ccc(C)c(Cl)c4)cc3)C2=O)cc1C. The molecule has 4 rings (SSSR count). The van der Waals surface area contributed by atoms with Gasteiger partial charge in [0.15, 0.2) is 0 Å². The van der Waals surface area contributed by atoms with Crippen molar-refractivity contribution in [1.29, 1.82) is 0 Å². The van der Waals surface area contributed by atoms with E-state index in [0.717, 1.165) is 21.6 Å². The first-order valence-corrected chi connectivity index (χ1v) is 11.2. The Kier molecular flexibility index (Phi) is 6.46. The van der Waals surface area contributed by atoms with Gasteiger partial charge in [0, 0.05) is 22.0 Å². The van der Waals surface area contributed by atoms with E-state index in [1.54, 1.807) is 48.5 Å². The standard InChI is InChI=1S/C26H21Cl2N3O3/c1-14-5-11-20(12-16(14)3)31-25(33)22(28)23(26(31)34)29-18-9-6-17(7-10-18)24(32)30-19-8-4-15(2)21(27)13-19/h4-13,29H,1-3H3,(H,30,32). The highest BCUT2D eigenvalue weighted by Gasteiger charge is 2.39. The van der Waals surface area contributed by atoms with Crippen LogP contribution in [0.4, 0.5) is 17.1 Å². The summed E-state index contributed by atoms with van der Waals surface area (Å²) in [5.74, 6) is -1.45. The maximum atomic E-state index is 13.0. The van der Waals surface area contributed by atoms with Gasteiger partial charge in [0.1, 0.15) is 10.7 Å². The van der Waals surface area contributed by atoms with Crippen LogP contribution in [0, 0.1) is 20.8 Å². The monoisotopic (exact) mass is 493 g/mol. The Hall–Kier alpha value is -3.61. The van der Waals surface area contributed by atoms with E-state index in [2.05, 4.69) is 10.6 Å². The largest absolute Gasteiger partial charge is 0.350 e. The number of nitrogens with zero attached hydrogens (tertiary/aromatic N) is 1. The first-order chi connectivity index (χ1) is 16.2. The van der Waals surface area contributed by atoms with Crippen LogP contribution in [0.2, 0.25) is 5.02 Å². The summed E-state index contributed by atoms with van der Waals surface area (Å²) in [6, 6.07) is 17.1. The van der Waals surface area contributed by atoms with Crippen LogP contribution >= 0.6 is 23.2 Å². The fraction of sp³-hybridized carbons (Fsp3) is 0.115. The van der Waals surface area contributed by atoms with Crippen LogP contribution in [-0.2, 0) is 9.59 Å². The summed E-state index contributed by atoms with van der Waals surface area (Å²) in [4.78, 5) is 39.3. The summed E-state index contributed by atoms with van der Waals surface area (Å²) in [7, 11) is 0. The minimum Gasteiger partial charge on any atom is -0.350 e. The molecule has 6 nitrogen and oxygen atoms in total. The number of rotatable bonds is 5. The number of benzene rings is 3. The molecule has 0 radical (unpaired) electrons. The first-order valence-electron chi connectivity index (χ1n) is 10.5. The number of carbonyl (C=O) groups is 3. The van der Waals surface area contributed by atoms with Crippen molar-refractivity contribution >= 4 is 58.0 Å². The normalized spacial score (nSPS) is 13.5. The van der Waals surface area contributed by atoms with Gasteiger partial charge in [0.05, 0.1) is 5.69 Å². The molecule has 0 aliphatic carbocycles. The Labute approximate surface area is 207 Å². The lowest BCUT2D eigenvalue weighted by Gasteiger charge is -2.16. The molecule has 2 N–H and O–H groups in total. The van der Waals surface area contributed by atoms with Gasteiger partial charge in [0.25, 0.3) is 17.7 Å². The van der Waals surface area contributed by atoms with E-state index in [4.69, 9.17) is 23.2 Å². The Morgan fingerprint density at radius 1 is 0.765 bits per heavy atom. The van der Waals surface area contributed by atoms with E-state index >= 15 is 0 Å². The molecule has 0 fully saturated rings. The summed E-state index contributed by atoms with van der Waals surface area (Å²) < 4.78 is 0. The van der Waals surface area contributed by atoms with Crippen molar-refractivity contribution in [2.45, 2.75) is 20.8 Å². The van der Waals surface area contributed by atoms with Gasteiger partial charge in [-0.2, -0.15) is 0 Å². The number of nitrogens with one attached hydrogen (secondary N) is 2. The average molecular weight is 494 g/mol. The molecule has 1 aliphatic heterocycles. The highest BCUT2D eigenvalue weighted by atomic mass is 35.5. The molecule has 172 valence electrons. The van der Waals surface area contributed by atoms with Gasteiger partial charge >= 0.3 is 0 Å². The minimum atomic E-state index is -0.592. The smallest absolute Gasteiger partial charge is 0.283 e. The molecule has 0 spiro atoms. The number of imide groups is 1. The van der Waals surface area contributed by atoms with Gasteiger partial charge in [-0.3, -0.25) is 14.4 Å². The van der Waals surface area contributed by atoms with Gasteiger partial charge in [-0.15, -0.1) is 0 Å². The van der Waals surface area contributed by atoms with Gasteiger partial charge in [0.2, 0.25) is 0 Å². The Bertz CT molecular complexity index is 1360. The summed E-state index contributed by atoms with van der Waals surface area (Å²) in [6.07, 6.45) is 0. The van der Waals surface area contributed by atoms with Crippen molar-refractivity contribution in [2.75, 3.05) is 15.5 Å². The Morgan fingerprint density at radius 3 is 2.06 bits per heavy atom. The molecule has 1 heterocycles. The van der Waals surface area contributed by atoms with Crippen LogP contribution in [0.25, 0.3) is 0 Å². The highest BCUT2D eigenvalue weighted by molar-refractivity contribution is 6.53. The second-order valence-corrected chi connectivity index (χ2v) is 8.81. The van der Waals surface area contributed by atoms with Crippen molar-refractivity contribution in [3.8, 4) is 0 Å². The summed E-state index contributed by atoms with van der Waals surface area (Å²) in [5.41, 5.74) is 4.86. The number of hydrogen-bond donors (Lipinski definition) is 2. The van der Waals surface area contributed by atoms with Crippen molar-refractivity contribution in [1.82, 2.24) is 0 Å². The third kappa shape index (κ3) is 4.55. The third-order valence-corrected chi connectivity index (χ3v) is 6.38. The third-order valence-electron chi connectivity index (χ3n) is 5.62. The Balaban J connectivity index is 1.48. The van der Waals surface area contributed by atoms with Crippen molar-refractivity contribution in [3.63, 3.8) is 0 Å². The second kappa shape index (κ2) is 9.33. The molecule has 0 saturated heterocycles. The molecule has 3 aromatic rings. The number of halogens is 2. The minimum absolute atomic E-state index is 0.0172. The topological polar surface area (TPSA) is 78.5 Å². The average Bonchev–Trinajstić information content (AvgIpc) is 3.02. The molecular weight excluding hydrogens is 473 g/mol. The zero-order chi connectivity index (χ0) is 24.6. The van der Waals surface area contributed by atoms with Crippen molar-refractivity contribution < 1.29 is 14.4 Å². The highest BCUT2D eigenvalue weighted by Crippen LogP contribution is 2.31. The summed E-state index contributed by atoms with van der Waals surface area (Å²) in [5, 5.41) is 6.07. The van der Waals surface area contributed by atoms with Crippen LogP contribution in [0.5, 0.6) is 0 Å². The van der Waals surface area contributed by atoms with E-state index in [1.165, 1.54) is 0 Å². The molecule has 3 aromatic carbocycles. The zero-order valence-electron chi connectivity index (χ0n) is 18.7. The number of amides is 3. The molecule has 0 atom stereocenters. The van der Waals surface area contributed by atoms with Crippen LogP contribution in [0.3, 0.4) is 0 Å². The lowest BCUT2D eigenvalue weighted by atomic mass is 10.1. The molecule has 0 aromatic heterocycles. The van der Waals surface area contributed by atoms with Gasteiger partial charge in [-0.05, 0) is 86.0 Å². The van der Waals surface area contributed by atoms with Crippen LogP contribution < -0.4 is 15.5 Å². The molecular formula is C26H21Cl2N3O3. The summed E-state index contributed by atoms with van der Waals surface area (Å²) >= 11 is 12.3. The van der Waals surface area contributed by atoms with Crippen molar-refractivity contribution in [2.24, 2.45) is 0 Å². The van der Waals surface area contributed by atoms with E-state index in [0.29, 0.717) is 27.6 Å². The number of carbonyl (C=O) groups excluding carboxylic acids is 3. The van der Waals surface area contributed by atoms with E-state index in [9.17, 15) is 14.4 Å². The number of hydrogen-bond acceptors (Lipinski definition) is 4. The van der Waals surface area contributed by atoms with Crippen LogP contribution in [-0.4, -0.2) is 17.7 Å². The van der Waals surface area contributed by atoms with Gasteiger partial charge in [-0.1, -0.05) is 35.3 Å². The Morgan fingerprint density at radius 2 is 1.41 bits per heavy atom. The maximum absolute atomic E-state index is 13.0. The van der Waals surface area contributed by atoms with E-state index in [1.807, 2.05) is 32.9 Å². The fourth-order valence-corrected chi connectivity index (χ4v) is 3.83. The van der Waals surface area contributed by atoms with E-state index < -0.39 is 11.8 Å². The first kappa shape index (κ1) is 23.5. The quantitative estimate of drug-likeness (QED) is 0.430. The predicted octanol–water partition coefficient (Wildman–Crippen LogP) is 5.95. The molecule has 0 saturated carbocycles. The van der Waals surface area contributed by atoms with Crippen LogP contribution in [0.15, 0.2) is 71.4 Å². The fourth-order valence-electron chi connectivity index (χ4n) is 3.43. The van der Waals surface area contributed by atoms with Crippen molar-refractivity contribution in [3.05, 3.63) is 98.7 Å². The van der Waals surface area contributed by atoms with E-state index in [-0.39, 0.29) is 16.6 Å². The van der Waals surface area contributed by atoms with Crippen LogP contribution in [0.1, 0.15) is 27.0 Å². The number of anilines is 3. The molecule has 34 heavy (non-hydrogen) atoms. The second-order valence-electron chi connectivity index (χ2n) is 8.02. The molecule has 3 amide bonds. The predicted molar refractivity (Wildman–Crippen MR) is 135 cm³/mol. The molecule has 8 heteroatoms. The lowest BCUT2D eigenvalue weighted by Crippen LogP contribution is -2.32. The molecule has 0 bridgehead atoms. The molecule has 1 aliphatic rings. The molecule has 0 unspecified atom stereocenters. The maximum Gasteiger partial charge on any atom is 0.283 e. The number of aryl methyl sites for hydroxylation is 3. The lowest BCUT2D eigenvalue weighted by molar-refractivity contribution is -0.120. The van der Waals surface area contributed by atoms with Gasteiger partial charge < -0.3 is 10.6 Å². The van der Waals surface area contributed by atoms with Gasteiger partial charge in [-0.25, -0.2) is 4.90 Å². The summed E-state index contributed by atoms with van der Waals surface area (Å²) in [6.45, 7) is 5.74. The zero-order valence-corrected chi connectivity index (χ0v) is 20.2.